The number of imidazole rings is 1. The van der Waals surface area contributed by atoms with Gasteiger partial charge in [0.15, 0.2) is 17.7 Å². The molecule has 2 aromatic heterocycles. The van der Waals surface area contributed by atoms with Crippen molar-refractivity contribution < 1.29 is 23.6 Å². The number of ether oxygens (including phenoxy) is 2. The molecular weight excluding hydrogens is 519 g/mol. The molecule has 5 atom stereocenters. The maximum Gasteiger partial charge on any atom is 0.259 e. The van der Waals surface area contributed by atoms with Crippen LogP contribution in [-0.2, 0) is 18.5 Å². The van der Waals surface area contributed by atoms with E-state index in [0.717, 1.165) is 5.75 Å². The van der Waals surface area contributed by atoms with E-state index in [1.165, 1.54) is 6.33 Å². The van der Waals surface area contributed by atoms with Crippen LogP contribution >= 0.6 is 20.3 Å². The van der Waals surface area contributed by atoms with Crippen molar-refractivity contribution in [2.75, 3.05) is 43.3 Å². The molecule has 2 aromatic rings. The van der Waals surface area contributed by atoms with E-state index in [0.29, 0.717) is 17.8 Å². The fourth-order valence-corrected chi connectivity index (χ4v) is 6.15. The van der Waals surface area contributed by atoms with E-state index in [2.05, 4.69) is 25.7 Å². The van der Waals surface area contributed by atoms with E-state index in [4.69, 9.17) is 35.3 Å². The Bertz CT molecular complexity index is 1050. The number of rotatable bonds is 14. The number of nitrogen functional groups attached to an aromatic ring is 2. The lowest BCUT2D eigenvalue weighted by Gasteiger charge is -2.37. The van der Waals surface area contributed by atoms with Gasteiger partial charge in [-0.05, 0) is 34.0 Å². The lowest BCUT2D eigenvalue weighted by Crippen LogP contribution is -2.40. The number of anilines is 2. The minimum absolute atomic E-state index is 0.0112. The van der Waals surface area contributed by atoms with E-state index >= 15 is 0 Å². The molecule has 0 saturated carbocycles. The highest BCUT2D eigenvalue weighted by Gasteiger charge is 2.48. The molecule has 5 N–H and O–H groups in total. The standard InChI is InChI=1S/C22H37N8O5PS/c1-13(2)30(14(3)4)36(33-8-6-7-23)35-18-15(11-32-9-10-37-5)34-21(17(18)31)29-12-26-16-19(24)27-22(25)28-20(16)29/h12-15,17-18,21,31H,6,8-11H2,1-5H3,(H4,24,25,27,28)/t15-,17-,18-,21-,36?/m1/s1. The molecule has 1 aliphatic rings. The van der Waals surface area contributed by atoms with Crippen molar-refractivity contribution in [3.8, 4) is 6.07 Å². The molecule has 13 nitrogen and oxygen atoms in total. The summed E-state index contributed by atoms with van der Waals surface area (Å²) in [5.74, 6) is 0.949. The maximum absolute atomic E-state index is 11.5. The minimum atomic E-state index is -1.63. The van der Waals surface area contributed by atoms with Crippen LogP contribution in [0.4, 0.5) is 11.8 Å². The normalized spacial score (nSPS) is 22.9. The number of nitriles is 1. The zero-order valence-corrected chi connectivity index (χ0v) is 23.6. The predicted octanol–water partition coefficient (Wildman–Crippen LogP) is 2.29. The van der Waals surface area contributed by atoms with Crippen LogP contribution in [0.25, 0.3) is 11.2 Å². The maximum atomic E-state index is 11.5. The van der Waals surface area contributed by atoms with Gasteiger partial charge in [0.2, 0.25) is 5.95 Å². The highest BCUT2D eigenvalue weighted by atomic mass is 32.2. The molecule has 0 aliphatic carbocycles. The van der Waals surface area contributed by atoms with Gasteiger partial charge in [-0.3, -0.25) is 4.57 Å². The number of fused-ring (bicyclic) bond motifs is 1. The van der Waals surface area contributed by atoms with Crippen LogP contribution in [0.15, 0.2) is 6.33 Å². The summed E-state index contributed by atoms with van der Waals surface area (Å²) in [6.07, 6.45) is 0.308. The highest BCUT2D eigenvalue weighted by molar-refractivity contribution is 7.98. The Labute approximate surface area is 222 Å². The van der Waals surface area contributed by atoms with Gasteiger partial charge in [0.25, 0.3) is 8.53 Å². The molecule has 1 saturated heterocycles. The number of aromatic nitrogens is 4. The Morgan fingerprint density at radius 2 is 2.00 bits per heavy atom. The van der Waals surface area contributed by atoms with Gasteiger partial charge in [-0.15, -0.1) is 0 Å². The second kappa shape index (κ2) is 13.8. The first-order chi connectivity index (χ1) is 17.7. The molecule has 206 valence electrons. The smallest absolute Gasteiger partial charge is 0.259 e. The second-order valence-corrected chi connectivity index (χ2v) is 11.4. The molecular formula is C22H37N8O5PS. The monoisotopic (exact) mass is 556 g/mol. The first-order valence-corrected chi connectivity index (χ1v) is 14.6. The van der Waals surface area contributed by atoms with E-state index in [-0.39, 0.29) is 43.5 Å². The van der Waals surface area contributed by atoms with E-state index in [1.807, 2.05) is 34.0 Å². The molecule has 0 amide bonds. The van der Waals surface area contributed by atoms with Crippen LogP contribution in [0, 0.1) is 11.3 Å². The Morgan fingerprint density at radius 3 is 2.65 bits per heavy atom. The van der Waals surface area contributed by atoms with Gasteiger partial charge >= 0.3 is 0 Å². The summed E-state index contributed by atoms with van der Waals surface area (Å²) < 4.78 is 28.4. The molecule has 0 aromatic carbocycles. The van der Waals surface area contributed by atoms with Crippen LogP contribution in [-0.4, -0.2) is 91.5 Å². The van der Waals surface area contributed by atoms with Crippen molar-refractivity contribution in [2.24, 2.45) is 0 Å². The molecule has 1 aliphatic heterocycles. The third-order valence-electron chi connectivity index (χ3n) is 5.64. The average molecular weight is 557 g/mol. The quantitative estimate of drug-likeness (QED) is 0.228. The molecule has 0 spiro atoms. The van der Waals surface area contributed by atoms with Crippen LogP contribution in [0.5, 0.6) is 0 Å². The third kappa shape index (κ3) is 7.19. The lowest BCUT2D eigenvalue weighted by atomic mass is 10.1. The molecule has 1 fully saturated rings. The summed E-state index contributed by atoms with van der Waals surface area (Å²) in [5.41, 5.74) is 12.5. The minimum Gasteiger partial charge on any atom is -0.386 e. The number of aliphatic hydroxyl groups excluding tert-OH is 1. The van der Waals surface area contributed by atoms with Crippen molar-refractivity contribution in [3.05, 3.63) is 6.33 Å². The zero-order chi connectivity index (χ0) is 27.1. The molecule has 3 heterocycles. The highest BCUT2D eigenvalue weighted by Crippen LogP contribution is 2.50. The van der Waals surface area contributed by atoms with Gasteiger partial charge in [-0.2, -0.15) is 27.0 Å². The second-order valence-electron chi connectivity index (χ2n) is 9.03. The predicted molar refractivity (Wildman–Crippen MR) is 143 cm³/mol. The molecule has 0 radical (unpaired) electrons. The number of thioether (sulfide) groups is 1. The van der Waals surface area contributed by atoms with Gasteiger partial charge in [0.05, 0.1) is 38.6 Å². The summed E-state index contributed by atoms with van der Waals surface area (Å²) in [7, 11) is -1.63. The Balaban J connectivity index is 1.92. The number of hydrogen-bond donors (Lipinski definition) is 3. The van der Waals surface area contributed by atoms with Crippen molar-refractivity contribution in [1.82, 2.24) is 24.2 Å². The Hall–Kier alpha value is -1.82. The molecule has 37 heavy (non-hydrogen) atoms. The number of nitrogens with zero attached hydrogens (tertiary/aromatic N) is 6. The van der Waals surface area contributed by atoms with Gasteiger partial charge in [-0.25, -0.2) is 9.65 Å². The first kappa shape index (κ1) is 29.7. The number of nitrogens with two attached hydrogens (primary N) is 2. The Morgan fingerprint density at radius 1 is 1.27 bits per heavy atom. The van der Waals surface area contributed by atoms with Crippen LogP contribution in [0.3, 0.4) is 0 Å². The fourth-order valence-electron chi connectivity index (χ4n) is 4.10. The molecule has 3 rings (SSSR count). The number of hydrogen-bond acceptors (Lipinski definition) is 13. The number of aliphatic hydroxyl groups is 1. The summed E-state index contributed by atoms with van der Waals surface area (Å²) in [4.78, 5) is 12.5. The van der Waals surface area contributed by atoms with E-state index in [1.54, 1.807) is 16.3 Å². The SMILES string of the molecule is CSCCOC[C@H]1O[C@@H](n2cnc3c(N)nc(N)nc32)[C@H](O)[C@@H]1OP(OCCC#N)N(C(C)C)C(C)C. The average Bonchev–Trinajstić information content (AvgIpc) is 3.37. The topological polar surface area (TPSA) is 180 Å². The van der Waals surface area contributed by atoms with Crippen LogP contribution in [0.1, 0.15) is 40.3 Å². The van der Waals surface area contributed by atoms with Crippen molar-refractivity contribution in [3.63, 3.8) is 0 Å². The summed E-state index contributed by atoms with van der Waals surface area (Å²) in [6.45, 7) is 9.13. The first-order valence-electron chi connectivity index (χ1n) is 12.1. The summed E-state index contributed by atoms with van der Waals surface area (Å²) in [5, 5.41) is 20.5. The Kier molecular flexibility index (Phi) is 11.1. The van der Waals surface area contributed by atoms with Gasteiger partial charge < -0.3 is 35.1 Å². The molecule has 15 heteroatoms. The van der Waals surface area contributed by atoms with Gasteiger partial charge in [0, 0.05) is 17.8 Å². The molecule has 1 unspecified atom stereocenters. The summed E-state index contributed by atoms with van der Waals surface area (Å²) in [6, 6.07) is 2.29. The largest absolute Gasteiger partial charge is 0.386 e. The lowest BCUT2D eigenvalue weighted by molar-refractivity contribution is -0.0626. The van der Waals surface area contributed by atoms with Crippen LogP contribution < -0.4 is 11.5 Å². The van der Waals surface area contributed by atoms with Crippen molar-refractivity contribution >= 4 is 43.2 Å². The molecule has 0 bridgehead atoms. The third-order valence-corrected chi connectivity index (χ3v) is 8.34. The van der Waals surface area contributed by atoms with Gasteiger partial charge in [-0.1, -0.05) is 0 Å². The van der Waals surface area contributed by atoms with E-state index < -0.39 is 33.1 Å². The van der Waals surface area contributed by atoms with Gasteiger partial charge in [0.1, 0.15) is 23.8 Å². The van der Waals surface area contributed by atoms with Crippen molar-refractivity contribution in [1.29, 1.82) is 5.26 Å². The van der Waals surface area contributed by atoms with E-state index in [9.17, 15) is 5.11 Å². The fraction of sp³-hybridized carbons (Fsp3) is 0.727. The zero-order valence-electron chi connectivity index (χ0n) is 21.9. The van der Waals surface area contributed by atoms with Crippen molar-refractivity contribution in [2.45, 2.75) is 70.7 Å². The summed E-state index contributed by atoms with van der Waals surface area (Å²) >= 11 is 1.67. The van der Waals surface area contributed by atoms with Crippen LogP contribution in [0.2, 0.25) is 0 Å².